The fraction of sp³-hybridized carbons (Fsp3) is 0.368. The first-order valence-corrected chi connectivity index (χ1v) is 7.97. The van der Waals surface area contributed by atoms with Crippen molar-refractivity contribution in [2.75, 3.05) is 6.54 Å². The number of rotatable bonds is 5. The Hall–Kier alpha value is -1.91. The van der Waals surface area contributed by atoms with E-state index in [-0.39, 0.29) is 5.82 Å². The second-order valence-electron chi connectivity index (χ2n) is 6.30. The van der Waals surface area contributed by atoms with Crippen LogP contribution in [0.15, 0.2) is 48.5 Å². The summed E-state index contributed by atoms with van der Waals surface area (Å²) in [5.74, 6) is 0.420. The number of aryl methyl sites for hydroxylation is 1. The van der Waals surface area contributed by atoms with Gasteiger partial charge in [0.05, 0.1) is 0 Å². The van der Waals surface area contributed by atoms with E-state index in [0.717, 1.165) is 5.56 Å². The van der Waals surface area contributed by atoms with Crippen LogP contribution >= 0.6 is 0 Å². The molecular weight excluding hydrogens is 293 g/mol. The smallest absolute Gasteiger partial charge is 0.133 e. The average Bonchev–Trinajstić information content (AvgIpc) is 2.56. The van der Waals surface area contributed by atoms with Gasteiger partial charge in [-0.3, -0.25) is 0 Å². The number of hydrogen-bond donors (Lipinski definition) is 2. The summed E-state index contributed by atoms with van der Waals surface area (Å²) < 4.78 is 19.2. The third kappa shape index (κ3) is 3.71. The number of nitrogens with one attached hydrogen (secondary N) is 1. The van der Waals surface area contributed by atoms with Crippen LogP contribution in [-0.4, -0.2) is 23.4 Å². The third-order valence-corrected chi connectivity index (χ3v) is 4.47. The average molecular weight is 315 g/mol. The van der Waals surface area contributed by atoms with E-state index in [1.54, 1.807) is 6.07 Å². The topological polar surface area (TPSA) is 41.5 Å². The van der Waals surface area contributed by atoms with E-state index >= 15 is 0 Å². The van der Waals surface area contributed by atoms with Gasteiger partial charge in [0, 0.05) is 13.1 Å². The van der Waals surface area contributed by atoms with Crippen molar-refractivity contribution in [2.24, 2.45) is 0 Å². The van der Waals surface area contributed by atoms with Gasteiger partial charge in [0.1, 0.15) is 23.3 Å². The Bertz CT molecular complexity index is 662. The lowest BCUT2D eigenvalue weighted by Gasteiger charge is -2.39. The van der Waals surface area contributed by atoms with Crippen LogP contribution in [0.2, 0.25) is 0 Å². The quantitative estimate of drug-likeness (QED) is 0.891. The first kappa shape index (κ1) is 16.0. The Morgan fingerprint density at radius 1 is 1.26 bits per heavy atom. The second kappa shape index (κ2) is 6.69. The van der Waals surface area contributed by atoms with Crippen molar-refractivity contribution in [3.05, 3.63) is 65.5 Å². The highest BCUT2D eigenvalue weighted by molar-refractivity contribution is 5.36. The molecule has 0 bridgehead atoms. The van der Waals surface area contributed by atoms with E-state index in [4.69, 9.17) is 4.74 Å². The summed E-state index contributed by atoms with van der Waals surface area (Å²) in [6.07, 6.45) is 0.737. The molecule has 2 aromatic carbocycles. The lowest BCUT2D eigenvalue weighted by molar-refractivity contribution is -0.0532. The number of aliphatic hydroxyl groups is 1. The van der Waals surface area contributed by atoms with Crippen LogP contribution in [0.4, 0.5) is 4.39 Å². The van der Waals surface area contributed by atoms with Crippen LogP contribution in [0.5, 0.6) is 5.75 Å². The van der Waals surface area contributed by atoms with E-state index in [2.05, 4.69) is 5.32 Å². The Labute approximate surface area is 136 Å². The van der Waals surface area contributed by atoms with E-state index in [9.17, 15) is 9.50 Å². The fourth-order valence-corrected chi connectivity index (χ4v) is 2.93. The molecule has 0 aliphatic carbocycles. The van der Waals surface area contributed by atoms with E-state index in [1.165, 1.54) is 17.7 Å². The van der Waals surface area contributed by atoms with Crippen LogP contribution in [-0.2, 0) is 13.0 Å². The van der Waals surface area contributed by atoms with Gasteiger partial charge in [0.15, 0.2) is 0 Å². The van der Waals surface area contributed by atoms with Gasteiger partial charge in [-0.15, -0.1) is 0 Å². The predicted molar refractivity (Wildman–Crippen MR) is 87.9 cm³/mol. The summed E-state index contributed by atoms with van der Waals surface area (Å²) in [7, 11) is 0. The highest BCUT2D eigenvalue weighted by atomic mass is 19.1. The van der Waals surface area contributed by atoms with Crippen LogP contribution in [0, 0.1) is 5.82 Å². The second-order valence-corrected chi connectivity index (χ2v) is 6.30. The van der Waals surface area contributed by atoms with Gasteiger partial charge < -0.3 is 15.2 Å². The maximum absolute atomic E-state index is 13.3. The van der Waals surface area contributed by atoms with Gasteiger partial charge in [-0.05, 0) is 49.1 Å². The summed E-state index contributed by atoms with van der Waals surface area (Å²) >= 11 is 0. The predicted octanol–water partition coefficient (Wildman–Crippen LogP) is 3.06. The minimum Gasteiger partial charge on any atom is -0.485 e. The van der Waals surface area contributed by atoms with Crippen molar-refractivity contribution >= 4 is 0 Å². The molecule has 0 amide bonds. The number of benzene rings is 2. The molecule has 2 atom stereocenters. The highest BCUT2D eigenvalue weighted by Gasteiger charge is 2.38. The first-order valence-electron chi connectivity index (χ1n) is 7.97. The molecule has 3 rings (SSSR count). The van der Waals surface area contributed by atoms with Crippen molar-refractivity contribution in [2.45, 2.75) is 38.0 Å². The minimum absolute atomic E-state index is 0.249. The molecule has 1 heterocycles. The molecule has 0 saturated carbocycles. The molecular formula is C19H22FNO2. The molecule has 0 unspecified atom stereocenters. The molecule has 122 valence electrons. The highest BCUT2D eigenvalue weighted by Crippen LogP contribution is 2.35. The molecule has 2 N–H and O–H groups in total. The van der Waals surface area contributed by atoms with Crippen LogP contribution < -0.4 is 10.1 Å². The normalized spacial score (nSPS) is 21.3. The molecule has 1 aliphatic heterocycles. The molecule has 4 heteroatoms. The number of ether oxygens (including phenoxy) is 1. The van der Waals surface area contributed by atoms with Crippen molar-refractivity contribution < 1.29 is 14.2 Å². The summed E-state index contributed by atoms with van der Waals surface area (Å²) in [5.41, 5.74) is 1.39. The SMILES string of the molecule is C[C@@]1([C@@H](O)CNCc2ccccc2)CCc2cc(F)ccc2O1. The van der Waals surface area contributed by atoms with E-state index in [1.807, 2.05) is 37.3 Å². The largest absolute Gasteiger partial charge is 0.485 e. The molecule has 0 radical (unpaired) electrons. The standard InChI is InChI=1S/C19H22FNO2/c1-19(10-9-15-11-16(20)7-8-17(15)23-19)18(22)13-21-12-14-5-3-2-4-6-14/h2-8,11,18,21-22H,9-10,12-13H2,1H3/t18-,19-/m0/s1. The molecule has 0 spiro atoms. The minimum atomic E-state index is -0.658. The van der Waals surface area contributed by atoms with Crippen molar-refractivity contribution in [3.63, 3.8) is 0 Å². The Balaban J connectivity index is 1.58. The van der Waals surface area contributed by atoms with Crippen molar-refractivity contribution in [1.82, 2.24) is 5.32 Å². The van der Waals surface area contributed by atoms with Gasteiger partial charge >= 0.3 is 0 Å². The number of halogens is 1. The zero-order chi connectivity index (χ0) is 16.3. The number of hydrogen-bond acceptors (Lipinski definition) is 3. The lowest BCUT2D eigenvalue weighted by Crippen LogP contribution is -2.51. The zero-order valence-corrected chi connectivity index (χ0v) is 13.3. The fourth-order valence-electron chi connectivity index (χ4n) is 2.93. The van der Waals surface area contributed by atoms with Crippen LogP contribution in [0.3, 0.4) is 0 Å². The molecule has 0 aromatic heterocycles. The van der Waals surface area contributed by atoms with E-state index in [0.29, 0.717) is 31.7 Å². The zero-order valence-electron chi connectivity index (χ0n) is 13.3. The molecule has 0 fully saturated rings. The van der Waals surface area contributed by atoms with Gasteiger partial charge in [-0.2, -0.15) is 0 Å². The summed E-state index contributed by atoms with van der Waals surface area (Å²) in [6.45, 7) is 3.06. The maximum Gasteiger partial charge on any atom is 0.133 e. The Morgan fingerprint density at radius 3 is 2.83 bits per heavy atom. The van der Waals surface area contributed by atoms with Gasteiger partial charge in [-0.25, -0.2) is 4.39 Å². The Kier molecular flexibility index (Phi) is 4.64. The van der Waals surface area contributed by atoms with Crippen LogP contribution in [0.1, 0.15) is 24.5 Å². The molecule has 0 saturated heterocycles. The van der Waals surface area contributed by atoms with Gasteiger partial charge in [-0.1, -0.05) is 30.3 Å². The molecule has 1 aliphatic rings. The summed E-state index contributed by atoms with van der Waals surface area (Å²) in [5, 5.41) is 13.8. The third-order valence-electron chi connectivity index (χ3n) is 4.47. The maximum atomic E-state index is 13.3. The van der Waals surface area contributed by atoms with Crippen LogP contribution in [0.25, 0.3) is 0 Å². The number of fused-ring (bicyclic) bond motifs is 1. The molecule has 23 heavy (non-hydrogen) atoms. The van der Waals surface area contributed by atoms with Crippen molar-refractivity contribution in [1.29, 1.82) is 0 Å². The first-order chi connectivity index (χ1) is 11.1. The van der Waals surface area contributed by atoms with Gasteiger partial charge in [0.25, 0.3) is 0 Å². The van der Waals surface area contributed by atoms with Gasteiger partial charge in [0.2, 0.25) is 0 Å². The van der Waals surface area contributed by atoms with Crippen molar-refractivity contribution in [3.8, 4) is 5.75 Å². The number of aliphatic hydroxyl groups excluding tert-OH is 1. The van der Waals surface area contributed by atoms with E-state index < -0.39 is 11.7 Å². The summed E-state index contributed by atoms with van der Waals surface area (Å²) in [6, 6.07) is 14.6. The Morgan fingerprint density at radius 2 is 2.04 bits per heavy atom. The molecule has 3 nitrogen and oxygen atoms in total. The summed E-state index contributed by atoms with van der Waals surface area (Å²) in [4.78, 5) is 0. The monoisotopic (exact) mass is 315 g/mol. The molecule has 2 aromatic rings. The lowest BCUT2D eigenvalue weighted by atomic mass is 9.88.